The molecule has 2 atom stereocenters. The number of imidazole rings is 1. The standard InChI is InChI=1S/C16H18N2O/c1-15(2)10-8-9-16(15,3)14-17-11-6-4-5-7-12(11)18(14)13(10)19/h4-7,10H,8-9H2,1-3H3/t10-,16-/m1/s1. The molecule has 0 spiro atoms. The second-order valence-corrected chi connectivity index (χ2v) is 6.74. The van der Waals surface area contributed by atoms with Gasteiger partial charge in [-0.25, -0.2) is 4.98 Å². The van der Waals surface area contributed by atoms with Crippen LogP contribution in [-0.4, -0.2) is 15.5 Å². The Morgan fingerprint density at radius 3 is 2.79 bits per heavy atom. The summed E-state index contributed by atoms with van der Waals surface area (Å²) in [5, 5.41) is 0. The third kappa shape index (κ3) is 1.06. The first kappa shape index (κ1) is 11.2. The number of nitrogens with zero attached hydrogens (tertiary/aromatic N) is 2. The van der Waals surface area contributed by atoms with Crippen LogP contribution in [-0.2, 0) is 5.41 Å². The van der Waals surface area contributed by atoms with E-state index in [1.54, 1.807) is 0 Å². The molecule has 0 saturated heterocycles. The summed E-state index contributed by atoms with van der Waals surface area (Å²) in [6.07, 6.45) is 2.04. The third-order valence-corrected chi connectivity index (χ3v) is 5.80. The fourth-order valence-electron chi connectivity index (χ4n) is 4.11. The fourth-order valence-corrected chi connectivity index (χ4v) is 4.11. The minimum atomic E-state index is 0.00145. The lowest BCUT2D eigenvalue weighted by atomic mass is 9.63. The number of hydrogen-bond donors (Lipinski definition) is 0. The van der Waals surface area contributed by atoms with Gasteiger partial charge in [0.15, 0.2) is 0 Å². The topological polar surface area (TPSA) is 34.9 Å². The zero-order chi connectivity index (χ0) is 13.4. The van der Waals surface area contributed by atoms with E-state index in [0.29, 0.717) is 0 Å². The van der Waals surface area contributed by atoms with E-state index in [2.05, 4.69) is 20.8 Å². The number of carbonyl (C=O) groups excluding carboxylic acids is 1. The molecule has 2 bridgehead atoms. The molecule has 1 fully saturated rings. The van der Waals surface area contributed by atoms with Gasteiger partial charge in [-0.3, -0.25) is 9.36 Å². The number of hydrogen-bond acceptors (Lipinski definition) is 2. The maximum atomic E-state index is 12.8. The van der Waals surface area contributed by atoms with Crippen LogP contribution in [0, 0.1) is 11.3 Å². The summed E-state index contributed by atoms with van der Waals surface area (Å²) in [7, 11) is 0. The third-order valence-electron chi connectivity index (χ3n) is 5.80. The van der Waals surface area contributed by atoms with E-state index in [4.69, 9.17) is 4.98 Å². The minimum absolute atomic E-state index is 0.00145. The van der Waals surface area contributed by atoms with Crippen molar-refractivity contribution in [3.63, 3.8) is 0 Å². The van der Waals surface area contributed by atoms with E-state index >= 15 is 0 Å². The Morgan fingerprint density at radius 1 is 1.26 bits per heavy atom. The lowest BCUT2D eigenvalue weighted by Gasteiger charge is -2.44. The van der Waals surface area contributed by atoms with Crippen LogP contribution in [0.25, 0.3) is 11.0 Å². The molecular weight excluding hydrogens is 236 g/mol. The van der Waals surface area contributed by atoms with Crippen molar-refractivity contribution in [1.82, 2.24) is 9.55 Å². The average Bonchev–Trinajstić information content (AvgIpc) is 2.83. The Morgan fingerprint density at radius 2 is 2.00 bits per heavy atom. The summed E-state index contributed by atoms with van der Waals surface area (Å²) in [4.78, 5) is 17.6. The highest BCUT2D eigenvalue weighted by Gasteiger charge is 2.61. The lowest BCUT2D eigenvalue weighted by molar-refractivity contribution is 0.0577. The lowest BCUT2D eigenvalue weighted by Crippen LogP contribution is -2.48. The molecule has 3 heteroatoms. The van der Waals surface area contributed by atoms with E-state index in [0.717, 1.165) is 29.7 Å². The predicted octanol–water partition coefficient (Wildman–Crippen LogP) is 3.38. The van der Waals surface area contributed by atoms with Gasteiger partial charge < -0.3 is 0 Å². The number of rotatable bonds is 0. The van der Waals surface area contributed by atoms with Crippen molar-refractivity contribution in [2.45, 2.75) is 39.0 Å². The van der Waals surface area contributed by atoms with Gasteiger partial charge in [0.2, 0.25) is 5.91 Å². The van der Waals surface area contributed by atoms with Crippen LogP contribution in [0.15, 0.2) is 24.3 Å². The number of para-hydroxylation sites is 2. The van der Waals surface area contributed by atoms with Gasteiger partial charge in [0.25, 0.3) is 0 Å². The molecule has 1 aliphatic carbocycles. The zero-order valence-corrected chi connectivity index (χ0v) is 11.6. The van der Waals surface area contributed by atoms with Crippen molar-refractivity contribution >= 4 is 16.9 Å². The Kier molecular flexibility index (Phi) is 1.82. The Balaban J connectivity index is 2.14. The molecule has 2 aliphatic rings. The summed E-state index contributed by atoms with van der Waals surface area (Å²) in [6.45, 7) is 6.73. The van der Waals surface area contributed by atoms with E-state index in [9.17, 15) is 4.79 Å². The van der Waals surface area contributed by atoms with E-state index in [1.807, 2.05) is 28.8 Å². The molecule has 2 aromatic rings. The van der Waals surface area contributed by atoms with Crippen LogP contribution >= 0.6 is 0 Å². The average molecular weight is 254 g/mol. The largest absolute Gasteiger partial charge is 0.274 e. The molecule has 0 unspecified atom stereocenters. The fraction of sp³-hybridized carbons (Fsp3) is 0.500. The summed E-state index contributed by atoms with van der Waals surface area (Å²) in [5.74, 6) is 1.34. The maximum Gasteiger partial charge on any atom is 0.236 e. The Bertz CT molecular complexity index is 713. The second-order valence-electron chi connectivity index (χ2n) is 6.74. The molecule has 0 N–H and O–H groups in total. The van der Waals surface area contributed by atoms with Crippen molar-refractivity contribution in [3.05, 3.63) is 30.1 Å². The predicted molar refractivity (Wildman–Crippen MR) is 74.2 cm³/mol. The van der Waals surface area contributed by atoms with E-state index < -0.39 is 0 Å². The Hall–Kier alpha value is -1.64. The van der Waals surface area contributed by atoms with Crippen molar-refractivity contribution < 1.29 is 4.79 Å². The van der Waals surface area contributed by atoms with E-state index in [-0.39, 0.29) is 22.7 Å². The number of fused-ring (bicyclic) bond motifs is 6. The summed E-state index contributed by atoms with van der Waals surface area (Å²) in [6, 6.07) is 7.97. The van der Waals surface area contributed by atoms with Gasteiger partial charge in [-0.1, -0.05) is 32.9 Å². The molecule has 2 heterocycles. The van der Waals surface area contributed by atoms with Gasteiger partial charge >= 0.3 is 0 Å². The smallest absolute Gasteiger partial charge is 0.236 e. The van der Waals surface area contributed by atoms with Gasteiger partial charge in [0.1, 0.15) is 5.82 Å². The Labute approximate surface area is 112 Å². The van der Waals surface area contributed by atoms with Gasteiger partial charge in [0.05, 0.1) is 11.0 Å². The first-order valence-corrected chi connectivity index (χ1v) is 6.99. The van der Waals surface area contributed by atoms with Crippen molar-refractivity contribution in [2.75, 3.05) is 0 Å². The normalized spacial score (nSPS) is 31.7. The van der Waals surface area contributed by atoms with Gasteiger partial charge in [0, 0.05) is 11.3 Å². The summed E-state index contributed by atoms with van der Waals surface area (Å²) in [5.41, 5.74) is 1.91. The highest BCUT2D eigenvalue weighted by molar-refractivity contribution is 5.95. The number of benzene rings is 1. The van der Waals surface area contributed by atoms with Crippen LogP contribution in [0.5, 0.6) is 0 Å². The SMILES string of the molecule is CC1(C)[C@@H]2CC[C@]1(C)c1nc3ccccc3n1C2=O. The molecule has 4 rings (SSSR count). The molecule has 3 nitrogen and oxygen atoms in total. The van der Waals surface area contributed by atoms with Crippen LogP contribution in [0.1, 0.15) is 44.2 Å². The number of aromatic nitrogens is 2. The first-order chi connectivity index (χ1) is 8.97. The van der Waals surface area contributed by atoms with Gasteiger partial charge in [-0.2, -0.15) is 0 Å². The molecule has 1 aliphatic heterocycles. The zero-order valence-electron chi connectivity index (χ0n) is 11.6. The van der Waals surface area contributed by atoms with Crippen molar-refractivity contribution in [3.8, 4) is 0 Å². The molecule has 1 saturated carbocycles. The van der Waals surface area contributed by atoms with E-state index in [1.165, 1.54) is 0 Å². The molecule has 98 valence electrons. The van der Waals surface area contributed by atoms with Gasteiger partial charge in [-0.15, -0.1) is 0 Å². The molecule has 0 radical (unpaired) electrons. The van der Waals surface area contributed by atoms with Crippen LogP contribution in [0.2, 0.25) is 0 Å². The first-order valence-electron chi connectivity index (χ1n) is 6.99. The van der Waals surface area contributed by atoms with Gasteiger partial charge in [-0.05, 0) is 30.4 Å². The molecular formula is C16H18N2O. The van der Waals surface area contributed by atoms with Crippen LogP contribution in [0.4, 0.5) is 0 Å². The molecule has 1 aromatic heterocycles. The second kappa shape index (κ2) is 3.09. The molecule has 19 heavy (non-hydrogen) atoms. The monoisotopic (exact) mass is 254 g/mol. The van der Waals surface area contributed by atoms with Crippen molar-refractivity contribution in [2.24, 2.45) is 11.3 Å². The molecule has 0 amide bonds. The minimum Gasteiger partial charge on any atom is -0.274 e. The van der Waals surface area contributed by atoms with Crippen molar-refractivity contribution in [1.29, 1.82) is 0 Å². The van der Waals surface area contributed by atoms with Crippen LogP contribution < -0.4 is 0 Å². The number of carbonyl (C=O) groups is 1. The highest BCUT2D eigenvalue weighted by Crippen LogP contribution is 2.60. The molecule has 1 aromatic carbocycles. The quantitative estimate of drug-likeness (QED) is 0.722. The van der Waals surface area contributed by atoms with Crippen LogP contribution in [0.3, 0.4) is 0 Å². The summed E-state index contributed by atoms with van der Waals surface area (Å²) >= 11 is 0. The maximum absolute atomic E-state index is 12.8. The summed E-state index contributed by atoms with van der Waals surface area (Å²) < 4.78 is 1.89. The highest BCUT2D eigenvalue weighted by atomic mass is 16.2.